The van der Waals surface area contributed by atoms with Crippen LogP contribution >= 0.6 is 12.4 Å². The molecule has 0 spiro atoms. The lowest BCUT2D eigenvalue weighted by Crippen LogP contribution is -2.41. The van der Waals surface area contributed by atoms with E-state index in [4.69, 9.17) is 4.74 Å². The first kappa shape index (κ1) is 22.7. The Balaban J connectivity index is 0.00000529. The molecule has 1 aromatic carbocycles. The van der Waals surface area contributed by atoms with Gasteiger partial charge in [0, 0.05) is 20.1 Å². The fourth-order valence-corrected chi connectivity index (χ4v) is 2.22. The first-order valence-corrected chi connectivity index (χ1v) is 8.39. The van der Waals surface area contributed by atoms with E-state index in [1.54, 1.807) is 4.90 Å². The number of rotatable bonds is 11. The molecule has 0 unspecified atom stereocenters. The van der Waals surface area contributed by atoms with Gasteiger partial charge >= 0.3 is 0 Å². The summed E-state index contributed by atoms with van der Waals surface area (Å²) in [5, 5.41) is 0. The summed E-state index contributed by atoms with van der Waals surface area (Å²) in [6, 6.07) is 9.67. The number of hydrogen-bond donors (Lipinski definition) is 0. The van der Waals surface area contributed by atoms with Crippen LogP contribution in [-0.4, -0.2) is 80.6 Å². The second-order valence-corrected chi connectivity index (χ2v) is 5.74. The van der Waals surface area contributed by atoms with Gasteiger partial charge in [-0.05, 0) is 32.3 Å². The number of halogens is 1. The van der Waals surface area contributed by atoms with E-state index in [-0.39, 0.29) is 18.3 Å². The Morgan fingerprint density at radius 1 is 1.00 bits per heavy atom. The van der Waals surface area contributed by atoms with Gasteiger partial charge in [-0.1, -0.05) is 32.0 Å². The van der Waals surface area contributed by atoms with Crippen molar-refractivity contribution in [2.45, 2.75) is 13.8 Å². The third-order valence-electron chi connectivity index (χ3n) is 3.96. The highest BCUT2D eigenvalue weighted by Crippen LogP contribution is 2.07. The van der Waals surface area contributed by atoms with Crippen molar-refractivity contribution >= 4 is 18.3 Å². The van der Waals surface area contributed by atoms with Crippen LogP contribution in [0.4, 0.5) is 0 Å². The fourth-order valence-electron chi connectivity index (χ4n) is 2.22. The topological polar surface area (TPSA) is 36.0 Å². The van der Waals surface area contributed by atoms with Crippen molar-refractivity contribution in [3.05, 3.63) is 30.3 Å². The standard InChI is InChI=1S/C18H31N3O2.ClH/c1-5-21(6-2)13-12-19(3)16-18(22)20(4)14-15-23-17-10-8-7-9-11-17;/h7-11H,5-6,12-16H2,1-4H3;1H. The van der Waals surface area contributed by atoms with Gasteiger partial charge in [-0.2, -0.15) is 0 Å². The maximum absolute atomic E-state index is 12.2. The number of carbonyl (C=O) groups excluding carboxylic acids is 1. The van der Waals surface area contributed by atoms with Gasteiger partial charge < -0.3 is 14.5 Å². The van der Waals surface area contributed by atoms with E-state index in [0.29, 0.717) is 19.7 Å². The third kappa shape index (κ3) is 9.11. The number of ether oxygens (including phenoxy) is 1. The second kappa shape index (κ2) is 13.0. The molecule has 0 aliphatic heterocycles. The number of hydrogen-bond acceptors (Lipinski definition) is 4. The quantitative estimate of drug-likeness (QED) is 0.608. The summed E-state index contributed by atoms with van der Waals surface area (Å²) in [5.41, 5.74) is 0. The van der Waals surface area contributed by atoms with Gasteiger partial charge in [-0.15, -0.1) is 12.4 Å². The van der Waals surface area contributed by atoms with Crippen molar-refractivity contribution in [1.82, 2.24) is 14.7 Å². The minimum atomic E-state index is 0. The summed E-state index contributed by atoms with van der Waals surface area (Å²) >= 11 is 0. The first-order valence-electron chi connectivity index (χ1n) is 8.39. The molecule has 0 aliphatic rings. The van der Waals surface area contributed by atoms with E-state index in [1.807, 2.05) is 44.4 Å². The molecule has 0 bridgehead atoms. The Bertz CT molecular complexity index is 441. The van der Waals surface area contributed by atoms with Crippen molar-refractivity contribution in [3.63, 3.8) is 0 Å². The lowest BCUT2D eigenvalue weighted by Gasteiger charge is -2.24. The summed E-state index contributed by atoms with van der Waals surface area (Å²) in [4.78, 5) is 18.4. The monoisotopic (exact) mass is 357 g/mol. The van der Waals surface area contributed by atoms with Crippen molar-refractivity contribution in [2.24, 2.45) is 0 Å². The molecule has 0 N–H and O–H groups in total. The van der Waals surface area contributed by atoms with Gasteiger partial charge in [-0.25, -0.2) is 0 Å². The van der Waals surface area contributed by atoms with Crippen LogP contribution in [0.15, 0.2) is 30.3 Å². The number of likely N-dealkylation sites (N-methyl/N-ethyl adjacent to an activating group) is 3. The molecular weight excluding hydrogens is 326 g/mol. The molecule has 0 saturated carbocycles. The van der Waals surface area contributed by atoms with E-state index in [1.165, 1.54) is 0 Å². The molecule has 0 heterocycles. The molecule has 1 rings (SSSR count). The normalized spacial score (nSPS) is 10.6. The van der Waals surface area contributed by atoms with E-state index in [9.17, 15) is 4.79 Å². The maximum Gasteiger partial charge on any atom is 0.236 e. The van der Waals surface area contributed by atoms with Crippen LogP contribution < -0.4 is 4.74 Å². The number of para-hydroxylation sites is 1. The van der Waals surface area contributed by atoms with Gasteiger partial charge in [0.15, 0.2) is 0 Å². The molecule has 0 radical (unpaired) electrons. The molecule has 1 aromatic rings. The zero-order valence-corrected chi connectivity index (χ0v) is 16.2. The maximum atomic E-state index is 12.2. The molecule has 0 aliphatic carbocycles. The molecule has 0 saturated heterocycles. The van der Waals surface area contributed by atoms with Gasteiger partial charge in [-0.3, -0.25) is 9.69 Å². The third-order valence-corrected chi connectivity index (χ3v) is 3.96. The minimum absolute atomic E-state index is 0. The highest BCUT2D eigenvalue weighted by molar-refractivity contribution is 5.85. The van der Waals surface area contributed by atoms with E-state index in [0.717, 1.165) is 31.9 Å². The summed E-state index contributed by atoms with van der Waals surface area (Å²) in [6.07, 6.45) is 0. The molecule has 0 fully saturated rings. The average Bonchev–Trinajstić information content (AvgIpc) is 2.56. The minimum Gasteiger partial charge on any atom is -0.492 e. The van der Waals surface area contributed by atoms with Crippen LogP contribution in [0.25, 0.3) is 0 Å². The van der Waals surface area contributed by atoms with Crippen LogP contribution in [0.5, 0.6) is 5.75 Å². The Labute approximate surface area is 153 Å². The number of amides is 1. The molecule has 6 heteroatoms. The van der Waals surface area contributed by atoms with E-state index >= 15 is 0 Å². The van der Waals surface area contributed by atoms with Crippen molar-refractivity contribution in [1.29, 1.82) is 0 Å². The molecular formula is C18H32ClN3O2. The predicted molar refractivity (Wildman–Crippen MR) is 102 cm³/mol. The summed E-state index contributed by atoms with van der Waals surface area (Å²) in [5.74, 6) is 0.966. The Hall–Kier alpha value is -1.30. The Kier molecular flexibility index (Phi) is 12.3. The van der Waals surface area contributed by atoms with Gasteiger partial charge in [0.1, 0.15) is 12.4 Å². The molecule has 0 aromatic heterocycles. The fraction of sp³-hybridized carbons (Fsp3) is 0.611. The number of carbonyl (C=O) groups is 1. The number of nitrogens with zero attached hydrogens (tertiary/aromatic N) is 3. The smallest absolute Gasteiger partial charge is 0.236 e. The zero-order valence-electron chi connectivity index (χ0n) is 15.4. The van der Waals surface area contributed by atoms with Crippen molar-refractivity contribution in [2.75, 3.05) is 60.0 Å². The SMILES string of the molecule is CCN(CC)CCN(C)CC(=O)N(C)CCOc1ccccc1.Cl. The molecule has 0 atom stereocenters. The van der Waals surface area contributed by atoms with Crippen LogP contribution in [0.3, 0.4) is 0 Å². The highest BCUT2D eigenvalue weighted by Gasteiger charge is 2.12. The zero-order chi connectivity index (χ0) is 17.1. The molecule has 5 nitrogen and oxygen atoms in total. The van der Waals surface area contributed by atoms with Crippen LogP contribution in [-0.2, 0) is 4.79 Å². The van der Waals surface area contributed by atoms with Crippen molar-refractivity contribution in [3.8, 4) is 5.75 Å². The Morgan fingerprint density at radius 2 is 1.62 bits per heavy atom. The Morgan fingerprint density at radius 3 is 2.21 bits per heavy atom. The predicted octanol–water partition coefficient (Wildman–Crippen LogP) is 2.22. The lowest BCUT2D eigenvalue weighted by molar-refractivity contribution is -0.131. The molecule has 1 amide bonds. The second-order valence-electron chi connectivity index (χ2n) is 5.74. The van der Waals surface area contributed by atoms with E-state index in [2.05, 4.69) is 23.6 Å². The van der Waals surface area contributed by atoms with E-state index < -0.39 is 0 Å². The molecule has 138 valence electrons. The average molecular weight is 358 g/mol. The lowest BCUT2D eigenvalue weighted by atomic mass is 10.3. The van der Waals surface area contributed by atoms with Crippen molar-refractivity contribution < 1.29 is 9.53 Å². The highest BCUT2D eigenvalue weighted by atomic mass is 35.5. The van der Waals surface area contributed by atoms with Crippen LogP contribution in [0, 0.1) is 0 Å². The summed E-state index contributed by atoms with van der Waals surface area (Å²) < 4.78 is 5.63. The summed E-state index contributed by atoms with van der Waals surface area (Å²) in [6.45, 7) is 9.88. The van der Waals surface area contributed by atoms with Gasteiger partial charge in [0.2, 0.25) is 5.91 Å². The first-order chi connectivity index (χ1) is 11.1. The number of benzene rings is 1. The summed E-state index contributed by atoms with van der Waals surface area (Å²) in [7, 11) is 3.82. The van der Waals surface area contributed by atoms with Crippen LogP contribution in [0.1, 0.15) is 13.8 Å². The van der Waals surface area contributed by atoms with Crippen LogP contribution in [0.2, 0.25) is 0 Å². The molecule has 24 heavy (non-hydrogen) atoms. The largest absolute Gasteiger partial charge is 0.492 e. The van der Waals surface area contributed by atoms with Gasteiger partial charge in [0.05, 0.1) is 13.1 Å². The van der Waals surface area contributed by atoms with Gasteiger partial charge in [0.25, 0.3) is 0 Å².